The first-order chi connectivity index (χ1) is 17.5. The number of hydrogen-bond donors (Lipinski definition) is 2. The lowest BCUT2D eigenvalue weighted by atomic mass is 9.71. The Morgan fingerprint density at radius 3 is 2.24 bits per heavy atom. The number of nitrogens with zero attached hydrogens (tertiary/aromatic N) is 2. The van der Waals surface area contributed by atoms with Gasteiger partial charge in [0.2, 0.25) is 17.7 Å². The van der Waals surface area contributed by atoms with Gasteiger partial charge in [-0.2, -0.15) is 0 Å². The summed E-state index contributed by atoms with van der Waals surface area (Å²) in [6.07, 6.45) is -0.0454. The number of carbonyl (C=O) groups is 6. The molecule has 208 valence electrons. The molecule has 2 aliphatic heterocycles. The van der Waals surface area contributed by atoms with E-state index in [9.17, 15) is 28.8 Å². The molecular formula is C28H40N4O6. The average molecular weight is 529 g/mol. The van der Waals surface area contributed by atoms with Gasteiger partial charge >= 0.3 is 0 Å². The van der Waals surface area contributed by atoms with Crippen LogP contribution in [0.3, 0.4) is 0 Å². The number of anilines is 1. The molecule has 2 N–H and O–H groups in total. The van der Waals surface area contributed by atoms with Gasteiger partial charge in [0.25, 0.3) is 5.91 Å². The van der Waals surface area contributed by atoms with Crippen molar-refractivity contribution in [2.24, 2.45) is 11.8 Å². The fourth-order valence-corrected chi connectivity index (χ4v) is 4.82. The van der Waals surface area contributed by atoms with Gasteiger partial charge in [0.05, 0.1) is 11.6 Å². The molecule has 38 heavy (non-hydrogen) atoms. The molecular weight excluding hydrogens is 488 g/mol. The first-order valence-electron chi connectivity index (χ1n) is 12.7. The zero-order chi connectivity index (χ0) is 29.0. The number of fused-ring (bicyclic) bond motifs is 2. The number of para-hydroxylation sites is 1. The average Bonchev–Trinajstić information content (AvgIpc) is 2.82. The molecule has 0 unspecified atom stereocenters. The van der Waals surface area contributed by atoms with E-state index in [0.717, 1.165) is 0 Å². The number of amides is 4. The van der Waals surface area contributed by atoms with E-state index >= 15 is 0 Å². The fraction of sp³-hybridized carbons (Fsp3) is 0.571. The molecule has 1 aromatic rings. The Bertz CT molecular complexity index is 1120. The van der Waals surface area contributed by atoms with Crippen LogP contribution in [-0.4, -0.2) is 76.7 Å². The van der Waals surface area contributed by atoms with Crippen LogP contribution in [0.4, 0.5) is 5.69 Å². The largest absolute Gasteiger partial charge is 0.351 e. The van der Waals surface area contributed by atoms with Crippen molar-refractivity contribution in [3.05, 3.63) is 29.8 Å². The third-order valence-corrected chi connectivity index (χ3v) is 6.56. The Hall–Kier alpha value is -3.56. The molecule has 0 saturated carbocycles. The van der Waals surface area contributed by atoms with E-state index in [4.69, 9.17) is 0 Å². The summed E-state index contributed by atoms with van der Waals surface area (Å²) in [7, 11) is 3.19. The molecule has 10 heteroatoms. The second-order valence-electron chi connectivity index (χ2n) is 11.4. The molecule has 0 radical (unpaired) electrons. The standard InChI is InChI=1S/C25H34N4O5.C3H6O/c1-24(2,3)27-20(31)14-15-13-17(22(33)28(5)6)25(4)23(34)26-18-10-8-7-9-16(18)19(30)11-12-29(25)21(15)32;1-3(2)4/h7-10,15,17H,11-14H2,1-6H3,(H,26,34)(H,27,31);1-2H3/t15-,17-,25+;/m0./s1. The van der Waals surface area contributed by atoms with Gasteiger partial charge in [-0.3, -0.25) is 24.0 Å². The Labute approximate surface area is 224 Å². The number of carbonyl (C=O) groups excluding carboxylic acids is 6. The number of benzene rings is 1. The summed E-state index contributed by atoms with van der Waals surface area (Å²) in [5.74, 6) is -3.25. The predicted molar refractivity (Wildman–Crippen MR) is 143 cm³/mol. The Kier molecular flexibility index (Phi) is 9.58. The minimum absolute atomic E-state index is 0.00289. The predicted octanol–water partition coefficient (Wildman–Crippen LogP) is 2.42. The van der Waals surface area contributed by atoms with E-state index in [0.29, 0.717) is 11.3 Å². The Balaban J connectivity index is 0.00000118. The lowest BCUT2D eigenvalue weighted by molar-refractivity contribution is -0.166. The Morgan fingerprint density at radius 2 is 1.68 bits per heavy atom. The molecule has 2 aliphatic rings. The van der Waals surface area contributed by atoms with Crippen molar-refractivity contribution in [2.75, 3.05) is 26.0 Å². The van der Waals surface area contributed by atoms with Crippen molar-refractivity contribution in [3.63, 3.8) is 0 Å². The second kappa shape index (κ2) is 11.9. The Morgan fingerprint density at radius 1 is 1.11 bits per heavy atom. The molecule has 1 fully saturated rings. The quantitative estimate of drug-likeness (QED) is 0.619. The molecule has 0 spiro atoms. The van der Waals surface area contributed by atoms with E-state index in [-0.39, 0.29) is 49.2 Å². The maximum absolute atomic E-state index is 13.7. The van der Waals surface area contributed by atoms with Gasteiger partial charge in [0.1, 0.15) is 11.3 Å². The number of nitrogens with one attached hydrogen (secondary N) is 2. The van der Waals surface area contributed by atoms with E-state index in [1.165, 1.54) is 23.6 Å². The highest BCUT2D eigenvalue weighted by Gasteiger charge is 2.57. The minimum Gasteiger partial charge on any atom is -0.351 e. The molecule has 1 saturated heterocycles. The first kappa shape index (κ1) is 30.7. The molecule has 0 aromatic heterocycles. The van der Waals surface area contributed by atoms with Crippen LogP contribution in [0.5, 0.6) is 0 Å². The van der Waals surface area contributed by atoms with Crippen molar-refractivity contribution in [2.45, 2.75) is 71.9 Å². The molecule has 0 bridgehead atoms. The highest BCUT2D eigenvalue weighted by atomic mass is 16.2. The van der Waals surface area contributed by atoms with Gasteiger partial charge in [0.15, 0.2) is 5.78 Å². The van der Waals surface area contributed by atoms with Gasteiger partial charge in [-0.1, -0.05) is 12.1 Å². The number of hydrogen-bond acceptors (Lipinski definition) is 6. The van der Waals surface area contributed by atoms with Gasteiger partial charge in [-0.05, 0) is 60.1 Å². The van der Waals surface area contributed by atoms with Crippen LogP contribution in [0.1, 0.15) is 71.2 Å². The zero-order valence-corrected chi connectivity index (χ0v) is 23.6. The highest BCUT2D eigenvalue weighted by molar-refractivity contribution is 6.10. The second-order valence-corrected chi connectivity index (χ2v) is 11.4. The van der Waals surface area contributed by atoms with Crippen molar-refractivity contribution < 1.29 is 28.8 Å². The van der Waals surface area contributed by atoms with Crippen LogP contribution in [0, 0.1) is 11.8 Å². The third kappa shape index (κ3) is 7.05. The summed E-state index contributed by atoms with van der Waals surface area (Å²) < 4.78 is 0. The molecule has 3 rings (SSSR count). The normalized spacial score (nSPS) is 23.3. The van der Waals surface area contributed by atoms with Gasteiger partial charge < -0.3 is 25.2 Å². The molecule has 2 heterocycles. The smallest absolute Gasteiger partial charge is 0.250 e. The topological polar surface area (TPSA) is 133 Å². The lowest BCUT2D eigenvalue weighted by Crippen LogP contribution is -2.68. The lowest BCUT2D eigenvalue weighted by Gasteiger charge is -2.50. The van der Waals surface area contributed by atoms with Crippen LogP contribution in [0.2, 0.25) is 0 Å². The number of rotatable bonds is 3. The van der Waals surface area contributed by atoms with E-state index < -0.39 is 34.7 Å². The molecule has 4 amide bonds. The van der Waals surface area contributed by atoms with E-state index in [1.807, 2.05) is 20.8 Å². The zero-order valence-electron chi connectivity index (χ0n) is 23.6. The first-order valence-corrected chi connectivity index (χ1v) is 12.7. The summed E-state index contributed by atoms with van der Waals surface area (Å²) in [5, 5.41) is 5.66. The number of piperidine rings is 1. The van der Waals surface area contributed by atoms with Crippen LogP contribution in [-0.2, 0) is 24.0 Å². The SMILES string of the molecule is CC(C)=O.CN(C)C(=O)[C@@H]1C[C@@H](CC(=O)NC(C)(C)C)C(=O)N2CCC(=O)c3ccccc3NC(=O)[C@@]12C. The van der Waals surface area contributed by atoms with Crippen LogP contribution in [0.15, 0.2) is 24.3 Å². The van der Waals surface area contributed by atoms with Gasteiger partial charge in [0, 0.05) is 50.5 Å². The molecule has 3 atom stereocenters. The molecule has 0 aliphatic carbocycles. The van der Waals surface area contributed by atoms with E-state index in [2.05, 4.69) is 10.6 Å². The minimum atomic E-state index is -1.52. The third-order valence-electron chi connectivity index (χ3n) is 6.56. The fourth-order valence-electron chi connectivity index (χ4n) is 4.82. The summed E-state index contributed by atoms with van der Waals surface area (Å²) in [5.41, 5.74) is -1.27. The summed E-state index contributed by atoms with van der Waals surface area (Å²) in [6, 6.07) is 6.69. The van der Waals surface area contributed by atoms with Crippen LogP contribution < -0.4 is 10.6 Å². The summed E-state index contributed by atoms with van der Waals surface area (Å²) in [6.45, 7) is 10.1. The van der Waals surface area contributed by atoms with E-state index in [1.54, 1.807) is 45.3 Å². The van der Waals surface area contributed by atoms with Gasteiger partial charge in [-0.25, -0.2) is 0 Å². The van der Waals surface area contributed by atoms with Crippen molar-refractivity contribution in [1.29, 1.82) is 0 Å². The maximum atomic E-state index is 13.7. The summed E-state index contributed by atoms with van der Waals surface area (Å²) in [4.78, 5) is 78.4. The number of ketones is 2. The van der Waals surface area contributed by atoms with Gasteiger partial charge in [-0.15, -0.1) is 0 Å². The number of Topliss-reactive ketones (excluding diaryl/α,β-unsaturated/α-hetero) is 2. The summed E-state index contributed by atoms with van der Waals surface area (Å²) >= 11 is 0. The maximum Gasteiger partial charge on any atom is 0.250 e. The van der Waals surface area contributed by atoms with Crippen molar-refractivity contribution in [3.8, 4) is 0 Å². The monoisotopic (exact) mass is 528 g/mol. The molecule has 10 nitrogen and oxygen atoms in total. The molecule has 1 aromatic carbocycles. The van der Waals surface area contributed by atoms with Crippen molar-refractivity contribution in [1.82, 2.24) is 15.1 Å². The highest BCUT2D eigenvalue weighted by Crippen LogP contribution is 2.41. The van der Waals surface area contributed by atoms with Crippen LogP contribution in [0.25, 0.3) is 0 Å². The van der Waals surface area contributed by atoms with Crippen LogP contribution >= 0.6 is 0 Å². The van der Waals surface area contributed by atoms with Crippen molar-refractivity contribution >= 4 is 40.9 Å².